The molecule has 0 rings (SSSR count). The topological polar surface area (TPSA) is 40.5 Å². The van der Waals surface area contributed by atoms with Gasteiger partial charge in [0.05, 0.1) is 6.61 Å². The second kappa shape index (κ2) is 15.6. The highest BCUT2D eigenvalue weighted by Gasteiger charge is 2.20. The Kier molecular flexibility index (Phi) is 15.3. The summed E-state index contributed by atoms with van der Waals surface area (Å²) in [6.07, 6.45) is 20.8. The molecule has 0 radical (unpaired) electrons. The van der Waals surface area contributed by atoms with Crippen LogP contribution in [0.2, 0.25) is 0 Å². The largest absolute Gasteiger partial charge is 0.393 e. The van der Waals surface area contributed by atoms with E-state index < -0.39 is 5.60 Å². The van der Waals surface area contributed by atoms with Gasteiger partial charge in [0.1, 0.15) is 5.60 Å². The normalized spacial score (nSPS) is 14.0. The molecule has 0 aliphatic rings. The van der Waals surface area contributed by atoms with Crippen LogP contribution in [-0.2, 0) is 0 Å². The van der Waals surface area contributed by atoms with Crippen molar-refractivity contribution in [2.24, 2.45) is 0 Å². The van der Waals surface area contributed by atoms with Crippen LogP contribution in [0.1, 0.15) is 103 Å². The van der Waals surface area contributed by atoms with Crippen LogP contribution in [0.5, 0.6) is 0 Å². The van der Waals surface area contributed by atoms with Crippen molar-refractivity contribution in [3.63, 3.8) is 0 Å². The Balaban J connectivity index is 3.16. The Morgan fingerprint density at radius 2 is 1.09 bits per heavy atom. The second-order valence-corrected chi connectivity index (χ2v) is 6.81. The van der Waals surface area contributed by atoms with Gasteiger partial charge in [0.2, 0.25) is 0 Å². The van der Waals surface area contributed by atoms with Gasteiger partial charge in [0, 0.05) is 0 Å². The van der Waals surface area contributed by atoms with Crippen molar-refractivity contribution in [1.29, 1.82) is 0 Å². The van der Waals surface area contributed by atoms with E-state index in [9.17, 15) is 5.11 Å². The zero-order valence-corrected chi connectivity index (χ0v) is 15.0. The summed E-state index contributed by atoms with van der Waals surface area (Å²) in [6.45, 7) is 5.63. The van der Waals surface area contributed by atoms with Crippen molar-refractivity contribution in [2.45, 2.75) is 109 Å². The van der Waals surface area contributed by atoms with Gasteiger partial charge in [-0.15, -0.1) is 6.58 Å². The third-order valence-corrected chi connectivity index (χ3v) is 4.62. The summed E-state index contributed by atoms with van der Waals surface area (Å²) in [6, 6.07) is 0. The highest BCUT2D eigenvalue weighted by atomic mass is 16.3. The van der Waals surface area contributed by atoms with E-state index in [0.29, 0.717) is 6.42 Å². The number of aliphatic hydroxyl groups is 2. The lowest BCUT2D eigenvalue weighted by Crippen LogP contribution is -2.30. The second-order valence-electron chi connectivity index (χ2n) is 6.81. The molecule has 1 atom stereocenters. The first-order valence-electron chi connectivity index (χ1n) is 9.65. The summed E-state index contributed by atoms with van der Waals surface area (Å²) in [5.74, 6) is 0. The van der Waals surface area contributed by atoms with E-state index >= 15 is 0 Å². The van der Waals surface area contributed by atoms with Crippen LogP contribution in [0, 0.1) is 0 Å². The standard InChI is InChI=1S/C20H40O2/c1-3-5-6-7-8-9-10-11-12-13-14-15-16-17-18-20(22,4-2)19-21/h4,21-22H,2-3,5-19H2,1H3. The number of hydrogen-bond donors (Lipinski definition) is 2. The SMILES string of the molecule is C=CC(O)(CO)CCCCCCCCCCCCCCCC. The summed E-state index contributed by atoms with van der Waals surface area (Å²) in [5, 5.41) is 18.9. The average molecular weight is 313 g/mol. The molecule has 0 spiro atoms. The molecule has 2 N–H and O–H groups in total. The van der Waals surface area contributed by atoms with Crippen molar-refractivity contribution in [3.05, 3.63) is 12.7 Å². The number of unbranched alkanes of at least 4 members (excludes halogenated alkanes) is 13. The lowest BCUT2D eigenvalue weighted by Gasteiger charge is -2.20. The summed E-state index contributed by atoms with van der Waals surface area (Å²) in [5.41, 5.74) is -1.06. The fourth-order valence-corrected chi connectivity index (χ4v) is 2.87. The number of rotatable bonds is 17. The molecule has 0 aliphatic carbocycles. The monoisotopic (exact) mass is 312 g/mol. The molecule has 0 aromatic heterocycles. The fourth-order valence-electron chi connectivity index (χ4n) is 2.87. The van der Waals surface area contributed by atoms with E-state index in [0.717, 1.165) is 12.8 Å². The maximum atomic E-state index is 9.85. The van der Waals surface area contributed by atoms with Crippen molar-refractivity contribution in [1.82, 2.24) is 0 Å². The lowest BCUT2D eigenvalue weighted by molar-refractivity contribution is 0.0186. The molecule has 2 nitrogen and oxygen atoms in total. The van der Waals surface area contributed by atoms with Crippen LogP contribution in [0.4, 0.5) is 0 Å². The minimum atomic E-state index is -1.06. The van der Waals surface area contributed by atoms with Gasteiger partial charge in [-0.3, -0.25) is 0 Å². The Morgan fingerprint density at radius 3 is 1.41 bits per heavy atom. The van der Waals surface area contributed by atoms with E-state index in [2.05, 4.69) is 13.5 Å². The maximum Gasteiger partial charge on any atom is 0.105 e. The van der Waals surface area contributed by atoms with Crippen LogP contribution in [0.3, 0.4) is 0 Å². The quantitative estimate of drug-likeness (QED) is 0.264. The first-order valence-corrected chi connectivity index (χ1v) is 9.65. The van der Waals surface area contributed by atoms with Crippen LogP contribution < -0.4 is 0 Å². The van der Waals surface area contributed by atoms with E-state index in [-0.39, 0.29) is 6.61 Å². The molecule has 22 heavy (non-hydrogen) atoms. The minimum absolute atomic E-state index is 0.213. The molecule has 0 aromatic rings. The molecular weight excluding hydrogens is 272 g/mol. The Bertz CT molecular complexity index is 240. The number of aliphatic hydroxyl groups excluding tert-OH is 1. The van der Waals surface area contributed by atoms with Gasteiger partial charge in [-0.05, 0) is 6.42 Å². The summed E-state index contributed by atoms with van der Waals surface area (Å²) in [7, 11) is 0. The molecule has 0 saturated heterocycles. The molecule has 0 bridgehead atoms. The van der Waals surface area contributed by atoms with E-state index in [4.69, 9.17) is 5.11 Å². The van der Waals surface area contributed by atoms with E-state index in [1.807, 2.05) is 0 Å². The summed E-state index contributed by atoms with van der Waals surface area (Å²) < 4.78 is 0. The Morgan fingerprint density at radius 1 is 0.727 bits per heavy atom. The Hall–Kier alpha value is -0.340. The zero-order chi connectivity index (χ0) is 16.5. The predicted octanol–water partition coefficient (Wildman–Crippen LogP) is 5.77. The van der Waals surface area contributed by atoms with Crippen molar-refractivity contribution in [2.75, 3.05) is 6.61 Å². The van der Waals surface area contributed by atoms with Crippen molar-refractivity contribution in [3.8, 4) is 0 Å². The van der Waals surface area contributed by atoms with Gasteiger partial charge in [0.15, 0.2) is 0 Å². The van der Waals surface area contributed by atoms with Crippen molar-refractivity contribution < 1.29 is 10.2 Å². The molecule has 0 saturated carbocycles. The van der Waals surface area contributed by atoms with Gasteiger partial charge in [0.25, 0.3) is 0 Å². The first-order chi connectivity index (χ1) is 10.7. The molecule has 0 aromatic carbocycles. The number of hydrogen-bond acceptors (Lipinski definition) is 2. The van der Waals surface area contributed by atoms with Gasteiger partial charge < -0.3 is 10.2 Å². The molecule has 1 unspecified atom stereocenters. The molecule has 0 heterocycles. The third-order valence-electron chi connectivity index (χ3n) is 4.62. The van der Waals surface area contributed by atoms with Gasteiger partial charge in [-0.25, -0.2) is 0 Å². The summed E-state index contributed by atoms with van der Waals surface area (Å²) in [4.78, 5) is 0. The van der Waals surface area contributed by atoms with Gasteiger partial charge >= 0.3 is 0 Å². The highest BCUT2D eigenvalue weighted by Crippen LogP contribution is 2.17. The smallest absolute Gasteiger partial charge is 0.105 e. The lowest BCUT2D eigenvalue weighted by atomic mass is 9.96. The molecule has 2 heteroatoms. The summed E-state index contributed by atoms with van der Waals surface area (Å²) >= 11 is 0. The first kappa shape index (κ1) is 21.7. The maximum absolute atomic E-state index is 9.85. The van der Waals surface area contributed by atoms with E-state index in [1.54, 1.807) is 0 Å². The minimum Gasteiger partial charge on any atom is -0.393 e. The molecule has 0 fully saturated rings. The highest BCUT2D eigenvalue weighted by molar-refractivity contribution is 4.94. The van der Waals surface area contributed by atoms with Gasteiger partial charge in [-0.1, -0.05) is 103 Å². The predicted molar refractivity (Wildman–Crippen MR) is 97.2 cm³/mol. The van der Waals surface area contributed by atoms with Crippen LogP contribution in [0.25, 0.3) is 0 Å². The molecule has 132 valence electrons. The van der Waals surface area contributed by atoms with E-state index in [1.165, 1.54) is 83.1 Å². The zero-order valence-electron chi connectivity index (χ0n) is 15.0. The van der Waals surface area contributed by atoms with Crippen LogP contribution in [0.15, 0.2) is 12.7 Å². The fraction of sp³-hybridized carbons (Fsp3) is 0.900. The van der Waals surface area contributed by atoms with Crippen LogP contribution in [-0.4, -0.2) is 22.4 Å². The molecular formula is C20H40O2. The molecule has 0 amide bonds. The third kappa shape index (κ3) is 13.3. The van der Waals surface area contributed by atoms with Crippen molar-refractivity contribution >= 4 is 0 Å². The average Bonchev–Trinajstić information content (AvgIpc) is 2.55. The van der Waals surface area contributed by atoms with Gasteiger partial charge in [-0.2, -0.15) is 0 Å². The van der Waals surface area contributed by atoms with Crippen LogP contribution >= 0.6 is 0 Å². The Labute approximate surface area is 139 Å². The molecule has 0 aliphatic heterocycles.